The number of nitrogens with one attached hydrogen (secondary N) is 1. The number of aromatic nitrogens is 2. The van der Waals surface area contributed by atoms with E-state index < -0.39 is 0 Å². The molecule has 0 aliphatic heterocycles. The fraction of sp³-hybridized carbons (Fsp3) is 0.364. The van der Waals surface area contributed by atoms with Gasteiger partial charge < -0.3 is 4.74 Å². The summed E-state index contributed by atoms with van der Waals surface area (Å²) in [5.41, 5.74) is 1.04. The minimum Gasteiger partial charge on any atom is -0.493 e. The molecule has 3 nitrogen and oxygen atoms in total. The maximum absolute atomic E-state index is 5.66. The average molecular weight is 188 g/mol. The minimum atomic E-state index is 0.799. The first-order valence-electron chi connectivity index (χ1n) is 4.98. The summed E-state index contributed by atoms with van der Waals surface area (Å²) in [5.74, 6) is 1.74. The minimum absolute atomic E-state index is 0.799. The van der Waals surface area contributed by atoms with Gasteiger partial charge in [-0.2, -0.15) is 5.10 Å². The molecule has 0 saturated heterocycles. The summed E-state index contributed by atoms with van der Waals surface area (Å²) in [6, 6.07) is 6.03. The smallest absolute Gasteiger partial charge is 0.121 e. The Bertz CT molecular complexity index is 445. The van der Waals surface area contributed by atoms with Gasteiger partial charge in [-0.05, 0) is 30.9 Å². The van der Waals surface area contributed by atoms with Crippen molar-refractivity contribution in [2.75, 3.05) is 6.61 Å². The Morgan fingerprint density at radius 1 is 1.43 bits per heavy atom. The van der Waals surface area contributed by atoms with Crippen LogP contribution < -0.4 is 4.74 Å². The Hall–Kier alpha value is -1.51. The highest BCUT2D eigenvalue weighted by Crippen LogP contribution is 2.30. The molecule has 3 rings (SSSR count). The van der Waals surface area contributed by atoms with Gasteiger partial charge in [0, 0.05) is 11.5 Å². The third-order valence-electron chi connectivity index (χ3n) is 2.60. The van der Waals surface area contributed by atoms with Crippen molar-refractivity contribution in [2.24, 2.45) is 5.92 Å². The number of hydrogen-bond acceptors (Lipinski definition) is 2. The molecule has 1 aromatic carbocycles. The first-order chi connectivity index (χ1) is 6.92. The van der Waals surface area contributed by atoms with E-state index in [9.17, 15) is 0 Å². The SMILES string of the molecule is c1cc2cn[nH]c2cc1OCC1CC1. The van der Waals surface area contributed by atoms with Crippen LogP contribution >= 0.6 is 0 Å². The molecule has 1 saturated carbocycles. The lowest BCUT2D eigenvalue weighted by Crippen LogP contribution is -1.98. The molecule has 1 aliphatic rings. The summed E-state index contributed by atoms with van der Waals surface area (Å²) >= 11 is 0. The molecule has 72 valence electrons. The van der Waals surface area contributed by atoms with Crippen molar-refractivity contribution in [1.82, 2.24) is 10.2 Å². The summed E-state index contributed by atoms with van der Waals surface area (Å²) in [7, 11) is 0. The third kappa shape index (κ3) is 1.45. The number of hydrogen-bond donors (Lipinski definition) is 1. The van der Waals surface area contributed by atoms with Crippen LogP contribution in [0.5, 0.6) is 5.75 Å². The van der Waals surface area contributed by atoms with E-state index in [4.69, 9.17) is 4.74 Å². The number of H-pyrrole nitrogens is 1. The second-order valence-corrected chi connectivity index (χ2v) is 3.87. The molecule has 1 fully saturated rings. The van der Waals surface area contributed by atoms with E-state index in [1.165, 1.54) is 12.8 Å². The van der Waals surface area contributed by atoms with Gasteiger partial charge in [0.25, 0.3) is 0 Å². The highest BCUT2D eigenvalue weighted by molar-refractivity contribution is 5.79. The van der Waals surface area contributed by atoms with Crippen LogP contribution in [0.25, 0.3) is 10.9 Å². The van der Waals surface area contributed by atoms with Gasteiger partial charge in [-0.3, -0.25) is 5.10 Å². The van der Waals surface area contributed by atoms with Crippen LogP contribution in [-0.2, 0) is 0 Å². The molecule has 1 aromatic heterocycles. The maximum Gasteiger partial charge on any atom is 0.121 e. The average Bonchev–Trinajstić information content (AvgIpc) is 2.92. The van der Waals surface area contributed by atoms with E-state index >= 15 is 0 Å². The van der Waals surface area contributed by atoms with Crippen molar-refractivity contribution in [2.45, 2.75) is 12.8 Å². The van der Waals surface area contributed by atoms with Crippen LogP contribution in [0.15, 0.2) is 24.4 Å². The van der Waals surface area contributed by atoms with E-state index in [0.29, 0.717) is 0 Å². The molecule has 1 heterocycles. The van der Waals surface area contributed by atoms with Crippen molar-refractivity contribution in [1.29, 1.82) is 0 Å². The quantitative estimate of drug-likeness (QED) is 0.802. The van der Waals surface area contributed by atoms with Crippen LogP contribution in [0.1, 0.15) is 12.8 Å². The van der Waals surface area contributed by atoms with Gasteiger partial charge in [-0.1, -0.05) is 0 Å². The molecule has 0 radical (unpaired) electrons. The van der Waals surface area contributed by atoms with E-state index in [1.807, 2.05) is 24.4 Å². The molecular formula is C11H12N2O. The zero-order valence-corrected chi connectivity index (χ0v) is 7.86. The lowest BCUT2D eigenvalue weighted by molar-refractivity contribution is 0.300. The van der Waals surface area contributed by atoms with Crippen molar-refractivity contribution in [3.05, 3.63) is 24.4 Å². The second-order valence-electron chi connectivity index (χ2n) is 3.87. The van der Waals surface area contributed by atoms with E-state index in [0.717, 1.165) is 29.2 Å². The molecular weight excluding hydrogens is 176 g/mol. The summed E-state index contributed by atoms with van der Waals surface area (Å²) in [4.78, 5) is 0. The third-order valence-corrected chi connectivity index (χ3v) is 2.60. The number of aromatic amines is 1. The van der Waals surface area contributed by atoms with Gasteiger partial charge in [0.1, 0.15) is 5.75 Å². The van der Waals surface area contributed by atoms with Crippen LogP contribution in [-0.4, -0.2) is 16.8 Å². The Morgan fingerprint density at radius 3 is 3.21 bits per heavy atom. The Labute approximate surface area is 82.1 Å². The fourth-order valence-corrected chi connectivity index (χ4v) is 1.50. The molecule has 1 N–H and O–H groups in total. The molecule has 0 bridgehead atoms. The topological polar surface area (TPSA) is 37.9 Å². The first-order valence-corrected chi connectivity index (χ1v) is 4.98. The molecule has 1 aliphatic carbocycles. The molecule has 0 atom stereocenters. The summed E-state index contributed by atoms with van der Waals surface area (Å²) in [6.45, 7) is 0.861. The van der Waals surface area contributed by atoms with Gasteiger partial charge in [0.05, 0.1) is 18.3 Å². The van der Waals surface area contributed by atoms with Crippen LogP contribution in [0.3, 0.4) is 0 Å². The predicted octanol–water partition coefficient (Wildman–Crippen LogP) is 2.35. The maximum atomic E-state index is 5.66. The first kappa shape index (κ1) is 7.85. The van der Waals surface area contributed by atoms with Crippen LogP contribution in [0.4, 0.5) is 0 Å². The fourth-order valence-electron chi connectivity index (χ4n) is 1.50. The summed E-state index contributed by atoms with van der Waals surface area (Å²) in [5, 5.41) is 8.03. The molecule has 2 aromatic rings. The molecule has 0 amide bonds. The van der Waals surface area contributed by atoms with Crippen molar-refractivity contribution in [3.8, 4) is 5.75 Å². The second kappa shape index (κ2) is 3.01. The van der Waals surface area contributed by atoms with Gasteiger partial charge in [-0.15, -0.1) is 0 Å². The van der Waals surface area contributed by atoms with Crippen molar-refractivity contribution >= 4 is 10.9 Å². The monoisotopic (exact) mass is 188 g/mol. The normalized spacial score (nSPS) is 16.0. The highest BCUT2D eigenvalue weighted by Gasteiger charge is 2.21. The van der Waals surface area contributed by atoms with E-state index in [-0.39, 0.29) is 0 Å². The zero-order chi connectivity index (χ0) is 9.38. The largest absolute Gasteiger partial charge is 0.493 e. The Balaban J connectivity index is 1.81. The molecule has 3 heteroatoms. The van der Waals surface area contributed by atoms with Gasteiger partial charge in [0.15, 0.2) is 0 Å². The van der Waals surface area contributed by atoms with E-state index in [2.05, 4.69) is 10.2 Å². The highest BCUT2D eigenvalue weighted by atomic mass is 16.5. The van der Waals surface area contributed by atoms with Gasteiger partial charge >= 0.3 is 0 Å². The van der Waals surface area contributed by atoms with Crippen molar-refractivity contribution in [3.63, 3.8) is 0 Å². The van der Waals surface area contributed by atoms with Gasteiger partial charge in [0.2, 0.25) is 0 Å². The zero-order valence-electron chi connectivity index (χ0n) is 7.86. The number of fused-ring (bicyclic) bond motifs is 1. The van der Waals surface area contributed by atoms with Crippen molar-refractivity contribution < 1.29 is 4.74 Å². The number of ether oxygens (including phenoxy) is 1. The summed E-state index contributed by atoms with van der Waals surface area (Å²) in [6.07, 6.45) is 4.47. The van der Waals surface area contributed by atoms with Crippen LogP contribution in [0.2, 0.25) is 0 Å². The Kier molecular flexibility index (Phi) is 1.69. The lowest BCUT2D eigenvalue weighted by atomic mass is 10.2. The van der Waals surface area contributed by atoms with Crippen LogP contribution in [0, 0.1) is 5.92 Å². The number of rotatable bonds is 3. The molecule has 0 spiro atoms. The standard InChI is InChI=1S/C11H12N2O/c1-2-8(1)7-14-10-4-3-9-6-12-13-11(9)5-10/h3-6,8H,1-2,7H2,(H,12,13). The van der Waals surface area contributed by atoms with E-state index in [1.54, 1.807) is 0 Å². The molecule has 14 heavy (non-hydrogen) atoms. The van der Waals surface area contributed by atoms with Gasteiger partial charge in [-0.25, -0.2) is 0 Å². The molecule has 0 unspecified atom stereocenters. The Morgan fingerprint density at radius 2 is 2.36 bits per heavy atom. The lowest BCUT2D eigenvalue weighted by Gasteiger charge is -2.04. The summed E-state index contributed by atoms with van der Waals surface area (Å²) < 4.78 is 5.66. The predicted molar refractivity (Wildman–Crippen MR) is 54.3 cm³/mol. The number of benzene rings is 1. The number of nitrogens with zero attached hydrogens (tertiary/aromatic N) is 1.